The van der Waals surface area contributed by atoms with Gasteiger partial charge in [0.15, 0.2) is 0 Å². The van der Waals surface area contributed by atoms with Gasteiger partial charge in [-0.2, -0.15) is 11.8 Å². The molecule has 1 saturated heterocycles. The second kappa shape index (κ2) is 6.87. The molecule has 3 atom stereocenters. The minimum Gasteiger partial charge on any atom is -0.481 e. The number of carboxylic acid groups (broad SMARTS) is 1. The predicted molar refractivity (Wildman–Crippen MR) is 72.9 cm³/mol. The summed E-state index contributed by atoms with van der Waals surface area (Å²) in [6.07, 6.45) is 3.52. The second-order valence-corrected chi connectivity index (χ2v) is 6.01. The standard InChI is InChI=1S/C12H22N2O3S/c1-8(18-3)4-6-13-12(17)14-7-5-10(9(14)2)11(15)16/h8-10H,4-7H2,1-3H3,(H,13,17)(H,15,16). The number of aliphatic carboxylic acids is 1. The van der Waals surface area contributed by atoms with Crippen molar-refractivity contribution in [2.75, 3.05) is 19.3 Å². The lowest BCUT2D eigenvalue weighted by atomic mass is 10.0. The van der Waals surface area contributed by atoms with Crippen LogP contribution in [0.5, 0.6) is 0 Å². The van der Waals surface area contributed by atoms with E-state index in [9.17, 15) is 9.59 Å². The van der Waals surface area contributed by atoms with Gasteiger partial charge in [-0.05, 0) is 26.0 Å². The highest BCUT2D eigenvalue weighted by Crippen LogP contribution is 2.24. The molecular formula is C12H22N2O3S. The van der Waals surface area contributed by atoms with Crippen molar-refractivity contribution in [3.8, 4) is 0 Å². The van der Waals surface area contributed by atoms with Gasteiger partial charge in [-0.15, -0.1) is 0 Å². The van der Waals surface area contributed by atoms with E-state index in [1.807, 2.05) is 6.26 Å². The van der Waals surface area contributed by atoms with Crippen LogP contribution in [-0.4, -0.2) is 52.6 Å². The topological polar surface area (TPSA) is 69.6 Å². The quantitative estimate of drug-likeness (QED) is 0.799. The predicted octanol–water partition coefficient (Wildman–Crippen LogP) is 1.63. The van der Waals surface area contributed by atoms with Crippen LogP contribution in [-0.2, 0) is 4.79 Å². The Morgan fingerprint density at radius 1 is 1.56 bits per heavy atom. The van der Waals surface area contributed by atoms with Crippen molar-refractivity contribution in [1.82, 2.24) is 10.2 Å². The Bertz CT molecular complexity index is 312. The van der Waals surface area contributed by atoms with Crippen LogP contribution in [0, 0.1) is 5.92 Å². The van der Waals surface area contributed by atoms with Crippen molar-refractivity contribution in [2.45, 2.75) is 38.0 Å². The molecular weight excluding hydrogens is 252 g/mol. The first-order valence-electron chi connectivity index (χ1n) is 6.27. The highest BCUT2D eigenvalue weighted by Gasteiger charge is 2.37. The summed E-state index contributed by atoms with van der Waals surface area (Å²) in [4.78, 5) is 24.5. The normalized spacial score (nSPS) is 24.9. The number of urea groups is 1. The summed E-state index contributed by atoms with van der Waals surface area (Å²) in [5.41, 5.74) is 0. The first-order chi connectivity index (χ1) is 8.47. The molecule has 0 aromatic rings. The molecule has 1 fully saturated rings. The monoisotopic (exact) mass is 274 g/mol. The van der Waals surface area contributed by atoms with Crippen molar-refractivity contribution in [2.24, 2.45) is 5.92 Å². The number of amides is 2. The average molecular weight is 274 g/mol. The van der Waals surface area contributed by atoms with Gasteiger partial charge < -0.3 is 15.3 Å². The fourth-order valence-corrected chi connectivity index (χ4v) is 2.51. The molecule has 18 heavy (non-hydrogen) atoms. The van der Waals surface area contributed by atoms with Crippen LogP contribution >= 0.6 is 11.8 Å². The molecule has 1 aliphatic heterocycles. The van der Waals surface area contributed by atoms with E-state index in [-0.39, 0.29) is 12.1 Å². The molecule has 0 aromatic carbocycles. The Labute approximate surface area is 112 Å². The van der Waals surface area contributed by atoms with Crippen LogP contribution in [0.2, 0.25) is 0 Å². The maximum absolute atomic E-state index is 11.9. The highest BCUT2D eigenvalue weighted by atomic mass is 32.2. The van der Waals surface area contributed by atoms with Crippen molar-refractivity contribution >= 4 is 23.8 Å². The molecule has 0 aliphatic carbocycles. The van der Waals surface area contributed by atoms with Crippen LogP contribution in [0.4, 0.5) is 4.79 Å². The summed E-state index contributed by atoms with van der Waals surface area (Å²) < 4.78 is 0. The van der Waals surface area contributed by atoms with Crippen molar-refractivity contribution in [3.63, 3.8) is 0 Å². The third-order valence-corrected chi connectivity index (χ3v) is 4.60. The van der Waals surface area contributed by atoms with Gasteiger partial charge in [0.25, 0.3) is 0 Å². The van der Waals surface area contributed by atoms with Gasteiger partial charge in [0.05, 0.1) is 5.92 Å². The van der Waals surface area contributed by atoms with Gasteiger partial charge in [-0.1, -0.05) is 6.92 Å². The van der Waals surface area contributed by atoms with Crippen LogP contribution < -0.4 is 5.32 Å². The van der Waals surface area contributed by atoms with E-state index in [2.05, 4.69) is 12.2 Å². The van der Waals surface area contributed by atoms with Crippen LogP contribution in [0.15, 0.2) is 0 Å². The van der Waals surface area contributed by atoms with Gasteiger partial charge in [0.2, 0.25) is 0 Å². The Morgan fingerprint density at radius 2 is 2.22 bits per heavy atom. The molecule has 6 heteroatoms. The minimum absolute atomic E-state index is 0.139. The van der Waals surface area contributed by atoms with Gasteiger partial charge in [-0.25, -0.2) is 4.79 Å². The molecule has 1 aliphatic rings. The number of nitrogens with one attached hydrogen (secondary N) is 1. The zero-order chi connectivity index (χ0) is 13.7. The zero-order valence-corrected chi connectivity index (χ0v) is 12.0. The fraction of sp³-hybridized carbons (Fsp3) is 0.833. The molecule has 2 N–H and O–H groups in total. The van der Waals surface area contributed by atoms with E-state index >= 15 is 0 Å². The summed E-state index contributed by atoms with van der Waals surface area (Å²) in [6, 6.07) is -0.361. The Morgan fingerprint density at radius 3 is 2.72 bits per heavy atom. The van der Waals surface area contributed by atoms with Crippen molar-refractivity contribution < 1.29 is 14.7 Å². The summed E-state index contributed by atoms with van der Waals surface area (Å²) in [5.74, 6) is -1.24. The first kappa shape index (κ1) is 15.1. The molecule has 0 radical (unpaired) electrons. The van der Waals surface area contributed by atoms with Gasteiger partial charge in [0, 0.05) is 24.4 Å². The Hall–Kier alpha value is -0.910. The van der Waals surface area contributed by atoms with Crippen LogP contribution in [0.25, 0.3) is 0 Å². The highest BCUT2D eigenvalue weighted by molar-refractivity contribution is 7.99. The number of hydrogen-bond acceptors (Lipinski definition) is 3. The molecule has 104 valence electrons. The lowest BCUT2D eigenvalue weighted by Crippen LogP contribution is -2.44. The van der Waals surface area contributed by atoms with E-state index in [0.29, 0.717) is 24.8 Å². The number of nitrogens with zero attached hydrogens (tertiary/aromatic N) is 1. The number of carboxylic acids is 1. The van der Waals surface area contributed by atoms with E-state index < -0.39 is 11.9 Å². The number of thioether (sulfide) groups is 1. The van der Waals surface area contributed by atoms with Crippen LogP contribution in [0.1, 0.15) is 26.7 Å². The SMILES string of the molecule is CSC(C)CCNC(=O)N1CCC(C(=O)O)C1C. The van der Waals surface area contributed by atoms with E-state index in [1.165, 1.54) is 0 Å². The lowest BCUT2D eigenvalue weighted by molar-refractivity contribution is -0.142. The maximum Gasteiger partial charge on any atom is 0.317 e. The molecule has 5 nitrogen and oxygen atoms in total. The van der Waals surface area contributed by atoms with Gasteiger partial charge in [-0.3, -0.25) is 4.79 Å². The summed E-state index contributed by atoms with van der Waals surface area (Å²) in [5, 5.41) is 12.4. The zero-order valence-electron chi connectivity index (χ0n) is 11.2. The van der Waals surface area contributed by atoms with Crippen LogP contribution in [0.3, 0.4) is 0 Å². The number of carbonyl (C=O) groups is 2. The fourth-order valence-electron chi connectivity index (χ4n) is 2.16. The van der Waals surface area contributed by atoms with E-state index in [0.717, 1.165) is 6.42 Å². The first-order valence-corrected chi connectivity index (χ1v) is 7.56. The summed E-state index contributed by atoms with van der Waals surface area (Å²) >= 11 is 1.77. The number of hydrogen-bond donors (Lipinski definition) is 2. The third kappa shape index (κ3) is 3.80. The average Bonchev–Trinajstić information content (AvgIpc) is 2.70. The minimum atomic E-state index is -0.811. The van der Waals surface area contributed by atoms with Crippen molar-refractivity contribution in [3.05, 3.63) is 0 Å². The second-order valence-electron chi connectivity index (χ2n) is 4.73. The molecule has 1 heterocycles. The molecule has 0 spiro atoms. The molecule has 0 saturated carbocycles. The third-order valence-electron chi connectivity index (χ3n) is 3.56. The van der Waals surface area contributed by atoms with E-state index in [1.54, 1.807) is 23.6 Å². The molecule has 0 bridgehead atoms. The van der Waals surface area contributed by atoms with Gasteiger partial charge >= 0.3 is 12.0 Å². The number of carbonyl (C=O) groups excluding carboxylic acids is 1. The lowest BCUT2D eigenvalue weighted by Gasteiger charge is -2.23. The Balaban J connectivity index is 2.37. The summed E-state index contributed by atoms with van der Waals surface area (Å²) in [6.45, 7) is 5.09. The molecule has 1 rings (SSSR count). The smallest absolute Gasteiger partial charge is 0.317 e. The molecule has 0 aromatic heterocycles. The van der Waals surface area contributed by atoms with Crippen molar-refractivity contribution in [1.29, 1.82) is 0 Å². The van der Waals surface area contributed by atoms with E-state index in [4.69, 9.17) is 5.11 Å². The molecule has 2 amide bonds. The Kier molecular flexibility index (Phi) is 5.78. The largest absolute Gasteiger partial charge is 0.481 e. The summed E-state index contributed by atoms with van der Waals surface area (Å²) in [7, 11) is 0. The number of rotatable bonds is 5. The molecule has 3 unspecified atom stereocenters. The maximum atomic E-state index is 11.9. The van der Waals surface area contributed by atoms with Gasteiger partial charge in [0.1, 0.15) is 0 Å². The number of likely N-dealkylation sites (tertiary alicyclic amines) is 1.